The molecule has 0 unspecified atom stereocenters. The molecule has 0 radical (unpaired) electrons. The third-order valence-electron chi connectivity index (χ3n) is 5.40. The standard InChI is InChI=1S/C23H37ClN2O2/c1-22(2,3)20-9-7-19(8-10-20)17-26(21(27)23(4,5)18-24)12-6-11-25-13-15-28-16-14-25/h7-10H,6,11-18H2,1-5H3. The number of hydrogen-bond acceptors (Lipinski definition) is 3. The summed E-state index contributed by atoms with van der Waals surface area (Å²) in [5.74, 6) is 0.457. The number of carbonyl (C=O) groups excluding carboxylic acids is 1. The zero-order valence-corrected chi connectivity index (χ0v) is 19.0. The minimum absolute atomic E-state index is 0.129. The molecule has 2 rings (SSSR count). The zero-order chi connectivity index (χ0) is 20.8. The maximum Gasteiger partial charge on any atom is 0.229 e. The van der Waals surface area contributed by atoms with Gasteiger partial charge < -0.3 is 9.64 Å². The Hall–Kier alpha value is -1.10. The van der Waals surface area contributed by atoms with Crippen molar-refractivity contribution >= 4 is 17.5 Å². The lowest BCUT2D eigenvalue weighted by Crippen LogP contribution is -2.43. The van der Waals surface area contributed by atoms with E-state index in [4.69, 9.17) is 16.3 Å². The molecule has 1 aliphatic rings. The van der Waals surface area contributed by atoms with E-state index in [1.807, 2.05) is 18.7 Å². The van der Waals surface area contributed by atoms with Gasteiger partial charge in [0.15, 0.2) is 0 Å². The fourth-order valence-corrected chi connectivity index (χ4v) is 3.49. The molecule has 5 heteroatoms. The van der Waals surface area contributed by atoms with Gasteiger partial charge in [-0.2, -0.15) is 0 Å². The monoisotopic (exact) mass is 408 g/mol. The zero-order valence-electron chi connectivity index (χ0n) is 18.3. The maximum absolute atomic E-state index is 13.1. The van der Waals surface area contributed by atoms with Gasteiger partial charge in [0.25, 0.3) is 0 Å². The molecule has 1 fully saturated rings. The molecule has 0 atom stereocenters. The van der Waals surface area contributed by atoms with Crippen LogP contribution in [-0.2, 0) is 21.5 Å². The first kappa shape index (κ1) is 23.2. The van der Waals surface area contributed by atoms with Crippen LogP contribution in [-0.4, -0.2) is 61.0 Å². The Balaban J connectivity index is 2.03. The smallest absolute Gasteiger partial charge is 0.229 e. The van der Waals surface area contributed by atoms with Crippen molar-refractivity contribution in [3.05, 3.63) is 35.4 Å². The Morgan fingerprint density at radius 3 is 2.25 bits per heavy atom. The quantitative estimate of drug-likeness (QED) is 0.601. The lowest BCUT2D eigenvalue weighted by molar-refractivity contribution is -0.140. The van der Waals surface area contributed by atoms with Crippen LogP contribution < -0.4 is 0 Å². The van der Waals surface area contributed by atoms with Crippen molar-refractivity contribution < 1.29 is 9.53 Å². The molecule has 1 aromatic carbocycles. The van der Waals surface area contributed by atoms with Crippen LogP contribution in [0.2, 0.25) is 0 Å². The minimum atomic E-state index is -0.550. The highest BCUT2D eigenvalue weighted by Gasteiger charge is 2.31. The van der Waals surface area contributed by atoms with Gasteiger partial charge in [-0.1, -0.05) is 45.0 Å². The Bertz CT molecular complexity index is 616. The highest BCUT2D eigenvalue weighted by atomic mass is 35.5. The molecule has 1 heterocycles. The number of nitrogens with zero attached hydrogens (tertiary/aromatic N) is 2. The summed E-state index contributed by atoms with van der Waals surface area (Å²) >= 11 is 6.09. The molecule has 1 saturated heterocycles. The van der Waals surface area contributed by atoms with E-state index in [1.54, 1.807) is 0 Å². The van der Waals surface area contributed by atoms with Crippen molar-refractivity contribution in [3.8, 4) is 0 Å². The van der Waals surface area contributed by atoms with Crippen LogP contribution in [0.4, 0.5) is 0 Å². The van der Waals surface area contributed by atoms with Gasteiger partial charge in [-0.3, -0.25) is 9.69 Å². The number of rotatable bonds is 8. The first-order valence-corrected chi connectivity index (χ1v) is 10.9. The molecule has 0 aliphatic carbocycles. The van der Waals surface area contributed by atoms with Gasteiger partial charge in [0, 0.05) is 38.6 Å². The topological polar surface area (TPSA) is 32.8 Å². The van der Waals surface area contributed by atoms with Crippen molar-refractivity contribution in [2.24, 2.45) is 5.41 Å². The number of amides is 1. The van der Waals surface area contributed by atoms with E-state index in [9.17, 15) is 4.79 Å². The normalized spacial score (nSPS) is 16.2. The van der Waals surface area contributed by atoms with E-state index in [1.165, 1.54) is 5.56 Å². The van der Waals surface area contributed by atoms with E-state index in [0.29, 0.717) is 12.4 Å². The van der Waals surface area contributed by atoms with Gasteiger partial charge in [0.2, 0.25) is 5.91 Å². The van der Waals surface area contributed by atoms with Crippen LogP contribution >= 0.6 is 11.6 Å². The summed E-state index contributed by atoms with van der Waals surface area (Å²) in [4.78, 5) is 17.5. The maximum atomic E-state index is 13.1. The number of alkyl halides is 1. The van der Waals surface area contributed by atoms with Crippen LogP contribution in [0.5, 0.6) is 0 Å². The van der Waals surface area contributed by atoms with E-state index in [2.05, 4.69) is 49.9 Å². The first-order chi connectivity index (χ1) is 13.1. The summed E-state index contributed by atoms with van der Waals surface area (Å²) in [6.07, 6.45) is 0.962. The molecule has 28 heavy (non-hydrogen) atoms. The van der Waals surface area contributed by atoms with Gasteiger partial charge in [0.05, 0.1) is 18.6 Å². The number of benzene rings is 1. The first-order valence-electron chi connectivity index (χ1n) is 10.4. The van der Waals surface area contributed by atoms with Crippen LogP contribution in [0.15, 0.2) is 24.3 Å². The molecule has 0 bridgehead atoms. The van der Waals surface area contributed by atoms with Crippen molar-refractivity contribution in [1.82, 2.24) is 9.80 Å². The van der Waals surface area contributed by atoms with Crippen molar-refractivity contribution in [2.75, 3.05) is 45.3 Å². The molecule has 158 valence electrons. The van der Waals surface area contributed by atoms with Crippen LogP contribution in [0.3, 0.4) is 0 Å². The molecule has 0 N–H and O–H groups in total. The number of halogens is 1. The van der Waals surface area contributed by atoms with Gasteiger partial charge in [-0.15, -0.1) is 11.6 Å². The molecule has 1 aliphatic heterocycles. The van der Waals surface area contributed by atoms with Crippen molar-refractivity contribution in [3.63, 3.8) is 0 Å². The second-order valence-corrected chi connectivity index (χ2v) is 9.77. The van der Waals surface area contributed by atoms with Gasteiger partial charge >= 0.3 is 0 Å². The predicted octanol–water partition coefficient (Wildman–Crippen LogP) is 4.30. The summed E-state index contributed by atoms with van der Waals surface area (Å²) in [6.45, 7) is 16.5. The fourth-order valence-electron chi connectivity index (χ4n) is 3.38. The van der Waals surface area contributed by atoms with E-state index >= 15 is 0 Å². The van der Waals surface area contributed by atoms with Crippen LogP contribution in [0.25, 0.3) is 0 Å². The van der Waals surface area contributed by atoms with E-state index in [-0.39, 0.29) is 11.3 Å². The van der Waals surface area contributed by atoms with Gasteiger partial charge in [-0.25, -0.2) is 0 Å². The predicted molar refractivity (Wildman–Crippen MR) is 117 cm³/mol. The third kappa shape index (κ3) is 6.75. The van der Waals surface area contributed by atoms with Gasteiger partial charge in [-0.05, 0) is 36.8 Å². The Labute approximate surface area is 176 Å². The lowest BCUT2D eigenvalue weighted by atomic mass is 9.86. The summed E-state index contributed by atoms with van der Waals surface area (Å²) in [5, 5.41) is 0. The Morgan fingerprint density at radius 1 is 1.11 bits per heavy atom. The molecular formula is C23H37ClN2O2. The van der Waals surface area contributed by atoms with Crippen molar-refractivity contribution in [2.45, 2.75) is 53.0 Å². The Morgan fingerprint density at radius 2 is 1.71 bits per heavy atom. The third-order valence-corrected chi connectivity index (χ3v) is 6.07. The Kier molecular flexibility index (Phi) is 8.35. The summed E-state index contributed by atoms with van der Waals surface area (Å²) in [6, 6.07) is 8.66. The number of carbonyl (C=O) groups is 1. The average molecular weight is 409 g/mol. The minimum Gasteiger partial charge on any atom is -0.379 e. The summed E-state index contributed by atoms with van der Waals surface area (Å²) < 4.78 is 5.42. The number of ether oxygens (including phenoxy) is 1. The molecule has 0 spiro atoms. The average Bonchev–Trinajstić information content (AvgIpc) is 2.67. The van der Waals surface area contributed by atoms with E-state index in [0.717, 1.165) is 51.4 Å². The van der Waals surface area contributed by atoms with Gasteiger partial charge in [0.1, 0.15) is 0 Å². The highest BCUT2D eigenvalue weighted by molar-refractivity contribution is 6.19. The molecule has 4 nitrogen and oxygen atoms in total. The van der Waals surface area contributed by atoms with Crippen LogP contribution in [0, 0.1) is 5.41 Å². The summed E-state index contributed by atoms with van der Waals surface area (Å²) in [5.41, 5.74) is 2.05. The molecule has 1 aromatic rings. The number of hydrogen-bond donors (Lipinski definition) is 0. The largest absolute Gasteiger partial charge is 0.379 e. The SMILES string of the molecule is CC(C)(CCl)C(=O)N(CCCN1CCOCC1)Cc1ccc(C(C)(C)C)cc1. The summed E-state index contributed by atoms with van der Waals surface area (Å²) in [7, 11) is 0. The fraction of sp³-hybridized carbons (Fsp3) is 0.696. The second kappa shape index (κ2) is 10.1. The highest BCUT2D eigenvalue weighted by Crippen LogP contribution is 2.25. The molecular weight excluding hydrogens is 372 g/mol. The molecule has 0 saturated carbocycles. The van der Waals surface area contributed by atoms with Crippen LogP contribution in [0.1, 0.15) is 52.2 Å². The number of morpholine rings is 1. The molecule has 1 amide bonds. The van der Waals surface area contributed by atoms with Crippen molar-refractivity contribution in [1.29, 1.82) is 0 Å². The van der Waals surface area contributed by atoms with E-state index < -0.39 is 5.41 Å². The lowest BCUT2D eigenvalue weighted by Gasteiger charge is -2.32. The molecule has 0 aromatic heterocycles. The second-order valence-electron chi connectivity index (χ2n) is 9.50.